The average molecular weight is 450 g/mol. The summed E-state index contributed by atoms with van der Waals surface area (Å²) in [5, 5.41) is 12.1. The molecule has 2 N–H and O–H groups in total. The van der Waals surface area contributed by atoms with E-state index in [4.69, 9.17) is 0 Å². The maximum atomic E-state index is 4.60. The molecule has 2 aromatic rings. The minimum absolute atomic E-state index is 0. The van der Waals surface area contributed by atoms with Gasteiger partial charge in [-0.3, -0.25) is 0 Å². The van der Waals surface area contributed by atoms with Crippen LogP contribution in [0, 0.1) is 0 Å². The zero-order valence-electron chi connectivity index (χ0n) is 13.0. The van der Waals surface area contributed by atoms with Crippen molar-refractivity contribution >= 4 is 52.6 Å². The summed E-state index contributed by atoms with van der Waals surface area (Å²) >= 11 is 3.48. The fourth-order valence-corrected chi connectivity index (χ4v) is 3.24. The first-order valence-electron chi connectivity index (χ1n) is 7.29. The lowest BCUT2D eigenvalue weighted by atomic mass is 10.3. The van der Waals surface area contributed by atoms with Gasteiger partial charge in [0.1, 0.15) is 0 Å². The number of nitrogens with zero attached hydrogens (tertiary/aromatic N) is 2. The summed E-state index contributed by atoms with van der Waals surface area (Å²) in [5.41, 5.74) is 1.17. The summed E-state index contributed by atoms with van der Waals surface area (Å²) in [7, 11) is 0. The largest absolute Gasteiger partial charge is 0.357 e. The maximum Gasteiger partial charge on any atom is 0.191 e. The molecule has 4 nitrogen and oxygen atoms in total. The van der Waals surface area contributed by atoms with Gasteiger partial charge < -0.3 is 10.6 Å². The van der Waals surface area contributed by atoms with Crippen molar-refractivity contribution < 1.29 is 0 Å². The van der Waals surface area contributed by atoms with E-state index in [9.17, 15) is 0 Å². The van der Waals surface area contributed by atoms with Crippen LogP contribution >= 0.6 is 46.7 Å². The second kappa shape index (κ2) is 11.0. The Kier molecular flexibility index (Phi) is 9.65. The highest BCUT2D eigenvalue weighted by atomic mass is 127. The quantitative estimate of drug-likeness (QED) is 0.385. The molecule has 0 saturated heterocycles. The maximum absolute atomic E-state index is 4.60. The van der Waals surface area contributed by atoms with Crippen molar-refractivity contribution in [2.75, 3.05) is 13.1 Å². The molecule has 0 aliphatic heterocycles. The summed E-state index contributed by atoms with van der Waals surface area (Å²) < 4.78 is 0. The van der Waals surface area contributed by atoms with Gasteiger partial charge in [-0.25, -0.2) is 9.98 Å². The molecular weight excluding hydrogens is 427 g/mol. The molecule has 0 aromatic carbocycles. The highest BCUT2D eigenvalue weighted by Gasteiger charge is 2.02. The van der Waals surface area contributed by atoms with E-state index in [1.54, 1.807) is 22.7 Å². The number of nitrogens with one attached hydrogen (secondary N) is 2. The molecule has 122 valence electrons. The molecule has 0 bridgehead atoms. The van der Waals surface area contributed by atoms with Crippen LogP contribution in [0.5, 0.6) is 0 Å². The van der Waals surface area contributed by atoms with Crippen LogP contribution in [0.2, 0.25) is 0 Å². The van der Waals surface area contributed by atoms with E-state index in [0.29, 0.717) is 0 Å². The second-order valence-corrected chi connectivity index (χ2v) is 6.51. The van der Waals surface area contributed by atoms with Gasteiger partial charge in [0, 0.05) is 29.8 Å². The van der Waals surface area contributed by atoms with E-state index in [2.05, 4.69) is 57.4 Å². The summed E-state index contributed by atoms with van der Waals surface area (Å²) in [6, 6.07) is 4.17. The van der Waals surface area contributed by atoms with Crippen molar-refractivity contribution in [3.63, 3.8) is 0 Å². The summed E-state index contributed by atoms with van der Waals surface area (Å²) in [6.07, 6.45) is 1.95. The first kappa shape index (κ1) is 19.4. The van der Waals surface area contributed by atoms with E-state index >= 15 is 0 Å². The summed E-state index contributed by atoms with van der Waals surface area (Å²) in [5.74, 6) is 0.872. The molecule has 22 heavy (non-hydrogen) atoms. The molecule has 0 aliphatic carbocycles. The molecule has 0 radical (unpaired) electrons. The zero-order valence-corrected chi connectivity index (χ0v) is 16.9. The van der Waals surface area contributed by atoms with E-state index in [1.165, 1.54) is 15.6 Å². The van der Waals surface area contributed by atoms with Gasteiger partial charge in [-0.2, -0.15) is 0 Å². The number of guanidine groups is 1. The van der Waals surface area contributed by atoms with Crippen molar-refractivity contribution in [1.29, 1.82) is 0 Å². The Balaban J connectivity index is 0.00000242. The predicted octanol–water partition coefficient (Wildman–Crippen LogP) is 3.68. The van der Waals surface area contributed by atoms with E-state index in [1.807, 2.05) is 0 Å². The van der Waals surface area contributed by atoms with E-state index in [-0.39, 0.29) is 24.0 Å². The molecule has 0 fully saturated rings. The predicted molar refractivity (Wildman–Crippen MR) is 108 cm³/mol. The van der Waals surface area contributed by atoms with Crippen molar-refractivity contribution in [1.82, 2.24) is 15.6 Å². The van der Waals surface area contributed by atoms with Crippen LogP contribution in [0.3, 0.4) is 0 Å². The molecule has 0 atom stereocenters. The molecule has 0 amide bonds. The number of rotatable bonds is 7. The molecule has 0 aliphatic rings. The van der Waals surface area contributed by atoms with Gasteiger partial charge in [0.25, 0.3) is 0 Å². The second-order valence-electron chi connectivity index (χ2n) is 4.54. The average Bonchev–Trinajstić information content (AvgIpc) is 3.16. The lowest BCUT2D eigenvalue weighted by molar-refractivity contribution is 0.790. The zero-order chi connectivity index (χ0) is 14.9. The van der Waals surface area contributed by atoms with Gasteiger partial charge in [0.05, 0.1) is 17.2 Å². The lowest BCUT2D eigenvalue weighted by Crippen LogP contribution is -2.38. The number of hydrogen-bond acceptors (Lipinski definition) is 4. The van der Waals surface area contributed by atoms with E-state index < -0.39 is 0 Å². The van der Waals surface area contributed by atoms with Crippen LogP contribution in [0.4, 0.5) is 0 Å². The highest BCUT2D eigenvalue weighted by molar-refractivity contribution is 14.0. The van der Waals surface area contributed by atoms with Crippen molar-refractivity contribution in [3.8, 4) is 0 Å². The Morgan fingerprint density at radius 3 is 2.77 bits per heavy atom. The van der Waals surface area contributed by atoms with Gasteiger partial charge in [0.2, 0.25) is 0 Å². The molecule has 2 heterocycles. The number of halogens is 1. The van der Waals surface area contributed by atoms with Crippen LogP contribution < -0.4 is 10.6 Å². The number of thiazole rings is 1. The third-order valence-electron chi connectivity index (χ3n) is 2.89. The first-order valence-corrected chi connectivity index (χ1v) is 9.05. The topological polar surface area (TPSA) is 49.3 Å². The van der Waals surface area contributed by atoms with Gasteiger partial charge in [0.15, 0.2) is 5.96 Å². The number of aryl methyl sites for hydroxylation is 1. The van der Waals surface area contributed by atoms with Gasteiger partial charge in [-0.1, -0.05) is 13.0 Å². The fourth-order valence-electron chi connectivity index (χ4n) is 1.84. The molecule has 2 rings (SSSR count). The molecule has 0 unspecified atom stereocenters. The van der Waals surface area contributed by atoms with Crippen molar-refractivity contribution in [2.45, 2.75) is 33.2 Å². The van der Waals surface area contributed by atoms with Crippen LogP contribution in [0.15, 0.2) is 27.9 Å². The third-order valence-corrected chi connectivity index (χ3v) is 4.80. The fraction of sp³-hybridized carbons (Fsp3) is 0.467. The standard InChI is InChI=1S/C15H22N4S2.HI/c1-3-14-19-12(11-21-14)7-8-17-15(16-4-2)18-10-13-6-5-9-20-13;/h5-6,9,11H,3-4,7-8,10H2,1-2H3,(H2,16,17,18);1H. The first-order chi connectivity index (χ1) is 10.3. The number of hydrogen-bond donors (Lipinski definition) is 2. The lowest BCUT2D eigenvalue weighted by Gasteiger charge is -2.10. The van der Waals surface area contributed by atoms with Crippen LogP contribution in [0.1, 0.15) is 29.4 Å². The Bertz CT molecular complexity index is 552. The van der Waals surface area contributed by atoms with Gasteiger partial charge >= 0.3 is 0 Å². The van der Waals surface area contributed by atoms with Crippen LogP contribution in [-0.2, 0) is 19.4 Å². The number of thiophene rings is 1. The smallest absolute Gasteiger partial charge is 0.191 e. The summed E-state index contributed by atoms with van der Waals surface area (Å²) in [4.78, 5) is 10.5. The van der Waals surface area contributed by atoms with Crippen molar-refractivity contribution in [2.24, 2.45) is 4.99 Å². The SMILES string of the molecule is CCNC(=NCc1cccs1)NCCc1csc(CC)n1.I. The molecule has 0 saturated carbocycles. The minimum atomic E-state index is 0. The Morgan fingerprint density at radius 1 is 1.27 bits per heavy atom. The van der Waals surface area contributed by atoms with Gasteiger partial charge in [-0.05, 0) is 24.8 Å². The summed E-state index contributed by atoms with van der Waals surface area (Å²) in [6.45, 7) is 6.66. The number of aromatic nitrogens is 1. The monoisotopic (exact) mass is 450 g/mol. The molecule has 7 heteroatoms. The molecular formula is C15H23IN4S2. The van der Waals surface area contributed by atoms with Crippen molar-refractivity contribution in [3.05, 3.63) is 38.5 Å². The van der Waals surface area contributed by atoms with E-state index in [0.717, 1.165) is 38.4 Å². The van der Waals surface area contributed by atoms with Crippen LogP contribution in [0.25, 0.3) is 0 Å². The molecule has 0 spiro atoms. The Hall–Kier alpha value is -0.670. The Labute approximate surface area is 157 Å². The number of aliphatic imine (C=N–C) groups is 1. The normalized spacial score (nSPS) is 11.1. The minimum Gasteiger partial charge on any atom is -0.357 e. The van der Waals surface area contributed by atoms with Crippen LogP contribution in [-0.4, -0.2) is 24.0 Å². The molecule has 2 aromatic heterocycles. The van der Waals surface area contributed by atoms with Gasteiger partial charge in [-0.15, -0.1) is 46.7 Å². The Morgan fingerprint density at radius 2 is 2.14 bits per heavy atom. The third kappa shape index (κ3) is 6.62. The highest BCUT2D eigenvalue weighted by Crippen LogP contribution is 2.10.